The van der Waals surface area contributed by atoms with Gasteiger partial charge in [0.1, 0.15) is 5.82 Å². The fraction of sp³-hybridized carbons (Fsp3) is 0.375. The zero-order valence-electron chi connectivity index (χ0n) is 23.8. The molecule has 1 aromatic heterocycles. The normalized spacial score (nSPS) is 17.2. The summed E-state index contributed by atoms with van der Waals surface area (Å²) in [6.45, 7) is 9.34. The highest BCUT2D eigenvalue weighted by Gasteiger charge is 2.32. The number of aromatic nitrogens is 1. The summed E-state index contributed by atoms with van der Waals surface area (Å²) in [5.41, 5.74) is 5.63. The SMILES string of the molecule is Cc1ccc(C(=O)N2CCC(c3ccc4c(c3)C(C)N(C)C4=O)CC2)cc1NC(=O)c1ccc(NC(C)C)nc1. The molecule has 2 N–H and O–H groups in total. The molecule has 0 bridgehead atoms. The molecule has 8 heteroatoms. The monoisotopic (exact) mass is 539 g/mol. The van der Waals surface area contributed by atoms with Gasteiger partial charge in [0, 0.05) is 49.2 Å². The van der Waals surface area contributed by atoms with E-state index in [-0.39, 0.29) is 29.8 Å². The summed E-state index contributed by atoms with van der Waals surface area (Å²) in [4.78, 5) is 46.7. The standard InChI is InChI=1S/C32H37N5O3/c1-19(2)34-29-11-9-25(18-33-29)30(38)35-28-17-24(7-6-20(28)3)31(39)37-14-12-22(13-15-37)23-8-10-26-27(16-23)21(4)36(5)32(26)40/h6-11,16-19,21-22H,12-15H2,1-5H3,(H,33,34)(H,35,38). The first-order chi connectivity index (χ1) is 19.1. The number of nitrogens with one attached hydrogen (secondary N) is 2. The van der Waals surface area contributed by atoms with Crippen molar-refractivity contribution in [1.29, 1.82) is 0 Å². The van der Waals surface area contributed by atoms with E-state index in [1.165, 1.54) is 5.56 Å². The molecule has 1 saturated heterocycles. The first-order valence-electron chi connectivity index (χ1n) is 14.0. The molecule has 0 radical (unpaired) electrons. The lowest BCUT2D eigenvalue weighted by molar-refractivity contribution is 0.0712. The number of carbonyl (C=O) groups is 3. The van der Waals surface area contributed by atoms with Gasteiger partial charge in [-0.1, -0.05) is 18.2 Å². The first kappa shape index (κ1) is 27.4. The topological polar surface area (TPSA) is 94.6 Å². The summed E-state index contributed by atoms with van der Waals surface area (Å²) in [7, 11) is 1.85. The van der Waals surface area contributed by atoms with E-state index in [2.05, 4.69) is 34.7 Å². The van der Waals surface area contributed by atoms with Crippen LogP contribution in [0.5, 0.6) is 0 Å². The minimum Gasteiger partial charge on any atom is -0.368 e. The van der Waals surface area contributed by atoms with E-state index in [1.54, 1.807) is 29.3 Å². The third-order valence-electron chi connectivity index (χ3n) is 8.11. The van der Waals surface area contributed by atoms with E-state index in [0.717, 1.165) is 29.5 Å². The molecule has 40 heavy (non-hydrogen) atoms. The molecular formula is C32H37N5O3. The van der Waals surface area contributed by atoms with Crippen LogP contribution in [0, 0.1) is 6.92 Å². The second-order valence-corrected chi connectivity index (χ2v) is 11.2. The molecule has 8 nitrogen and oxygen atoms in total. The Balaban J connectivity index is 1.22. The van der Waals surface area contributed by atoms with Crippen LogP contribution in [-0.2, 0) is 0 Å². The van der Waals surface area contributed by atoms with Crippen LogP contribution >= 0.6 is 0 Å². The average molecular weight is 540 g/mol. The van der Waals surface area contributed by atoms with Crippen LogP contribution in [0.1, 0.15) is 93.3 Å². The summed E-state index contributed by atoms with van der Waals surface area (Å²) in [5.74, 6) is 0.846. The second-order valence-electron chi connectivity index (χ2n) is 11.2. The van der Waals surface area contributed by atoms with E-state index in [0.29, 0.717) is 41.6 Å². The van der Waals surface area contributed by atoms with Gasteiger partial charge in [-0.2, -0.15) is 0 Å². The zero-order valence-corrected chi connectivity index (χ0v) is 23.8. The van der Waals surface area contributed by atoms with Crippen molar-refractivity contribution in [2.75, 3.05) is 30.8 Å². The summed E-state index contributed by atoms with van der Waals surface area (Å²) < 4.78 is 0. The number of hydrogen-bond donors (Lipinski definition) is 2. The van der Waals surface area contributed by atoms with Crippen LogP contribution in [0.25, 0.3) is 0 Å². The molecule has 208 valence electrons. The second kappa shape index (κ2) is 11.1. The van der Waals surface area contributed by atoms with Gasteiger partial charge in [-0.15, -0.1) is 0 Å². The van der Waals surface area contributed by atoms with Crippen molar-refractivity contribution < 1.29 is 14.4 Å². The Labute approximate surface area is 235 Å². The molecule has 2 aliphatic rings. The molecule has 1 unspecified atom stereocenters. The Morgan fingerprint density at radius 1 is 1.00 bits per heavy atom. The van der Waals surface area contributed by atoms with Gasteiger partial charge in [-0.05, 0) is 93.5 Å². The van der Waals surface area contributed by atoms with Crippen molar-refractivity contribution in [2.24, 2.45) is 0 Å². The number of fused-ring (bicyclic) bond motifs is 1. The summed E-state index contributed by atoms with van der Waals surface area (Å²) >= 11 is 0. The maximum absolute atomic E-state index is 13.4. The molecule has 3 aromatic rings. The molecule has 0 saturated carbocycles. The number of piperidine rings is 1. The summed E-state index contributed by atoms with van der Waals surface area (Å²) in [5, 5.41) is 6.15. The van der Waals surface area contributed by atoms with E-state index in [9.17, 15) is 14.4 Å². The highest BCUT2D eigenvalue weighted by Crippen LogP contribution is 2.36. The Hall–Kier alpha value is -4.20. The fourth-order valence-electron chi connectivity index (χ4n) is 5.54. The number of amides is 3. The molecule has 1 atom stereocenters. The van der Waals surface area contributed by atoms with E-state index in [4.69, 9.17) is 0 Å². The minimum atomic E-state index is -0.270. The Morgan fingerprint density at radius 3 is 2.40 bits per heavy atom. The number of anilines is 2. The lowest BCUT2D eigenvalue weighted by atomic mass is 9.87. The number of carbonyl (C=O) groups excluding carboxylic acids is 3. The number of aryl methyl sites for hydroxylation is 1. The van der Waals surface area contributed by atoms with Gasteiger partial charge in [0.25, 0.3) is 17.7 Å². The number of hydrogen-bond acceptors (Lipinski definition) is 5. The average Bonchev–Trinajstić information content (AvgIpc) is 3.17. The predicted molar refractivity (Wildman–Crippen MR) is 157 cm³/mol. The van der Waals surface area contributed by atoms with Crippen molar-refractivity contribution in [3.63, 3.8) is 0 Å². The summed E-state index contributed by atoms with van der Waals surface area (Å²) in [6.07, 6.45) is 3.28. The van der Waals surface area contributed by atoms with Crippen LogP contribution in [0.2, 0.25) is 0 Å². The van der Waals surface area contributed by atoms with Gasteiger partial charge in [-0.25, -0.2) is 4.98 Å². The minimum absolute atomic E-state index is 0.0328. The van der Waals surface area contributed by atoms with Gasteiger partial charge in [0.15, 0.2) is 0 Å². The van der Waals surface area contributed by atoms with Gasteiger partial charge in [-0.3, -0.25) is 14.4 Å². The predicted octanol–water partition coefficient (Wildman–Crippen LogP) is 5.63. The van der Waals surface area contributed by atoms with Crippen molar-refractivity contribution in [1.82, 2.24) is 14.8 Å². The molecular weight excluding hydrogens is 502 g/mol. The van der Waals surface area contributed by atoms with Gasteiger partial charge >= 0.3 is 0 Å². The van der Waals surface area contributed by atoms with E-state index in [1.807, 2.05) is 50.9 Å². The fourth-order valence-corrected chi connectivity index (χ4v) is 5.54. The largest absolute Gasteiger partial charge is 0.368 e. The van der Waals surface area contributed by atoms with Crippen LogP contribution in [0.15, 0.2) is 54.7 Å². The lowest BCUT2D eigenvalue weighted by Crippen LogP contribution is -2.38. The smallest absolute Gasteiger partial charge is 0.257 e. The number of benzene rings is 2. The van der Waals surface area contributed by atoms with E-state index < -0.39 is 0 Å². The molecule has 1 fully saturated rings. The number of likely N-dealkylation sites (tertiary alicyclic amines) is 1. The molecule has 2 aromatic carbocycles. The Morgan fingerprint density at radius 2 is 1.73 bits per heavy atom. The van der Waals surface area contributed by atoms with Crippen LogP contribution in [0.4, 0.5) is 11.5 Å². The lowest BCUT2D eigenvalue weighted by Gasteiger charge is -2.32. The van der Waals surface area contributed by atoms with Gasteiger partial charge in [0.05, 0.1) is 11.6 Å². The Bertz CT molecular complexity index is 1440. The highest BCUT2D eigenvalue weighted by atomic mass is 16.2. The first-order valence-corrected chi connectivity index (χ1v) is 14.0. The van der Waals surface area contributed by atoms with Crippen LogP contribution in [0.3, 0.4) is 0 Å². The van der Waals surface area contributed by atoms with E-state index >= 15 is 0 Å². The Kier molecular flexibility index (Phi) is 7.61. The molecule has 3 amide bonds. The molecule has 5 rings (SSSR count). The third kappa shape index (κ3) is 5.43. The molecule has 3 heterocycles. The maximum atomic E-state index is 13.4. The van der Waals surface area contributed by atoms with Crippen molar-refractivity contribution in [3.05, 3.63) is 88.1 Å². The third-order valence-corrected chi connectivity index (χ3v) is 8.11. The zero-order chi connectivity index (χ0) is 28.6. The maximum Gasteiger partial charge on any atom is 0.257 e. The quantitative estimate of drug-likeness (QED) is 0.424. The highest BCUT2D eigenvalue weighted by molar-refractivity contribution is 6.05. The van der Waals surface area contributed by atoms with Crippen LogP contribution in [-0.4, -0.2) is 58.7 Å². The van der Waals surface area contributed by atoms with Crippen molar-refractivity contribution in [3.8, 4) is 0 Å². The van der Waals surface area contributed by atoms with Gasteiger partial charge in [0.2, 0.25) is 0 Å². The number of rotatable bonds is 6. The van der Waals surface area contributed by atoms with Gasteiger partial charge < -0.3 is 20.4 Å². The van der Waals surface area contributed by atoms with Crippen LogP contribution < -0.4 is 10.6 Å². The molecule has 2 aliphatic heterocycles. The molecule has 0 aliphatic carbocycles. The number of pyridine rings is 1. The number of nitrogens with zero attached hydrogens (tertiary/aromatic N) is 3. The van der Waals surface area contributed by atoms with Crippen molar-refractivity contribution >= 4 is 29.2 Å². The summed E-state index contributed by atoms with van der Waals surface area (Å²) in [6, 6.07) is 15.5. The molecule has 0 spiro atoms. The van der Waals surface area contributed by atoms with Crippen molar-refractivity contribution in [2.45, 2.75) is 58.5 Å².